The van der Waals surface area contributed by atoms with Crippen LogP contribution >= 0.6 is 0 Å². The number of aromatic nitrogens is 1. The van der Waals surface area contributed by atoms with Crippen molar-refractivity contribution in [1.82, 2.24) is 20.1 Å². The van der Waals surface area contributed by atoms with Crippen LogP contribution in [0.15, 0.2) is 18.3 Å². The number of halogens is 3. The molecule has 3 aliphatic rings. The average Bonchev–Trinajstić information content (AvgIpc) is 3.48. The third-order valence-electron chi connectivity index (χ3n) is 5.81. The molecule has 2 aliphatic heterocycles. The maximum atomic E-state index is 12.7. The first-order chi connectivity index (χ1) is 13.2. The molecule has 28 heavy (non-hydrogen) atoms. The number of urea groups is 1. The first kappa shape index (κ1) is 19.0. The Balaban J connectivity index is 1.33. The third kappa shape index (κ3) is 3.41. The van der Waals surface area contributed by atoms with E-state index in [1.165, 1.54) is 11.0 Å². The molecular formula is C18H22F3N5O2. The minimum Gasteiger partial charge on any atom is -0.354 e. The van der Waals surface area contributed by atoms with Crippen LogP contribution in [0.25, 0.3) is 0 Å². The van der Waals surface area contributed by atoms with Crippen molar-refractivity contribution in [3.63, 3.8) is 0 Å². The highest BCUT2D eigenvalue weighted by atomic mass is 19.4. The van der Waals surface area contributed by atoms with E-state index in [-0.39, 0.29) is 24.5 Å². The maximum absolute atomic E-state index is 12.7. The predicted octanol–water partition coefficient (Wildman–Crippen LogP) is 1.90. The number of pyridine rings is 1. The van der Waals surface area contributed by atoms with Gasteiger partial charge in [0.25, 0.3) is 5.91 Å². The second-order valence-corrected chi connectivity index (χ2v) is 7.79. The third-order valence-corrected chi connectivity index (χ3v) is 5.81. The summed E-state index contributed by atoms with van der Waals surface area (Å²) in [6.45, 7) is 4.30. The second kappa shape index (κ2) is 6.61. The molecule has 3 amide bonds. The van der Waals surface area contributed by atoms with Gasteiger partial charge in [-0.25, -0.2) is 14.7 Å². The Hall–Kier alpha value is -2.36. The van der Waals surface area contributed by atoms with Gasteiger partial charge in [0.1, 0.15) is 11.4 Å². The van der Waals surface area contributed by atoms with Crippen molar-refractivity contribution >= 4 is 17.8 Å². The number of hydrogen-bond donors (Lipinski definition) is 1. The summed E-state index contributed by atoms with van der Waals surface area (Å²) in [5, 5.41) is 2.83. The summed E-state index contributed by atoms with van der Waals surface area (Å²) in [4.78, 5) is 34.0. The quantitative estimate of drug-likeness (QED) is 0.786. The van der Waals surface area contributed by atoms with Crippen molar-refractivity contribution in [2.75, 3.05) is 37.7 Å². The fourth-order valence-corrected chi connectivity index (χ4v) is 3.84. The number of hydrogen-bond acceptors (Lipinski definition) is 5. The van der Waals surface area contributed by atoms with Gasteiger partial charge in [-0.3, -0.25) is 9.69 Å². The molecule has 1 aliphatic carbocycles. The van der Waals surface area contributed by atoms with Crippen LogP contribution in [-0.4, -0.2) is 65.1 Å². The van der Waals surface area contributed by atoms with Crippen LogP contribution in [0.1, 0.15) is 25.3 Å². The fourth-order valence-electron chi connectivity index (χ4n) is 3.84. The molecule has 10 heteroatoms. The molecule has 0 spiro atoms. The molecule has 0 aromatic carbocycles. The number of anilines is 1. The van der Waals surface area contributed by atoms with E-state index in [0.717, 1.165) is 25.1 Å². The zero-order valence-corrected chi connectivity index (χ0v) is 15.5. The molecule has 3 fully saturated rings. The van der Waals surface area contributed by atoms with Gasteiger partial charge in [0.15, 0.2) is 0 Å². The normalized spacial score (nSPS) is 26.7. The van der Waals surface area contributed by atoms with Crippen molar-refractivity contribution in [2.45, 2.75) is 31.5 Å². The Morgan fingerprint density at radius 1 is 1.18 bits per heavy atom. The Labute approximate surface area is 160 Å². The van der Waals surface area contributed by atoms with Gasteiger partial charge in [0.05, 0.1) is 12.2 Å². The summed E-state index contributed by atoms with van der Waals surface area (Å²) in [5.41, 5.74) is -1.56. The number of nitrogens with one attached hydrogen (secondary N) is 1. The fraction of sp³-hybridized carbons (Fsp3) is 0.611. The summed E-state index contributed by atoms with van der Waals surface area (Å²) in [6.07, 6.45) is -1.65. The van der Waals surface area contributed by atoms with Crippen LogP contribution in [-0.2, 0) is 11.0 Å². The summed E-state index contributed by atoms with van der Waals surface area (Å²) < 4.78 is 38.0. The largest absolute Gasteiger partial charge is 0.417 e. The lowest BCUT2D eigenvalue weighted by Crippen LogP contribution is -2.52. The summed E-state index contributed by atoms with van der Waals surface area (Å²) >= 11 is 0. The molecule has 0 radical (unpaired) electrons. The van der Waals surface area contributed by atoms with Crippen molar-refractivity contribution < 1.29 is 22.8 Å². The highest BCUT2D eigenvalue weighted by molar-refractivity contribution is 6.07. The highest BCUT2D eigenvalue weighted by Gasteiger charge is 2.56. The van der Waals surface area contributed by atoms with Gasteiger partial charge >= 0.3 is 12.2 Å². The smallest absolute Gasteiger partial charge is 0.354 e. The van der Waals surface area contributed by atoms with Crippen LogP contribution in [0.3, 0.4) is 0 Å². The maximum Gasteiger partial charge on any atom is 0.417 e. The summed E-state index contributed by atoms with van der Waals surface area (Å²) in [5.74, 6) is 0.535. The minimum absolute atomic E-state index is 0.174. The van der Waals surface area contributed by atoms with E-state index in [4.69, 9.17) is 0 Å². The number of carbonyl (C=O) groups is 2. The summed E-state index contributed by atoms with van der Waals surface area (Å²) in [6, 6.07) is 2.05. The Morgan fingerprint density at radius 3 is 2.39 bits per heavy atom. The van der Waals surface area contributed by atoms with Gasteiger partial charge in [0, 0.05) is 32.4 Å². The number of imide groups is 1. The molecule has 4 rings (SSSR count). The molecule has 152 valence electrons. The van der Waals surface area contributed by atoms with Crippen molar-refractivity contribution in [3.8, 4) is 0 Å². The van der Waals surface area contributed by atoms with Crippen LogP contribution in [0.4, 0.5) is 23.8 Å². The molecule has 1 N–H and O–H groups in total. The first-order valence-corrected chi connectivity index (χ1v) is 9.33. The number of nitrogens with zero attached hydrogens (tertiary/aromatic N) is 4. The monoisotopic (exact) mass is 397 g/mol. The van der Waals surface area contributed by atoms with Crippen molar-refractivity contribution in [1.29, 1.82) is 0 Å². The molecule has 0 unspecified atom stereocenters. The van der Waals surface area contributed by atoms with Gasteiger partial charge < -0.3 is 10.2 Å². The Morgan fingerprint density at radius 2 is 1.86 bits per heavy atom. The number of alkyl halides is 3. The Bertz CT molecular complexity index is 772. The van der Waals surface area contributed by atoms with Gasteiger partial charge in [-0.05, 0) is 37.8 Å². The standard InChI is InChI=1S/C18H22F3N5O2/c1-17(12-2-3-12)15(27)26(16(28)23-17)11-24-6-8-25(9-7-24)14-5-4-13(10-22-14)18(19,20)21/h4-5,10,12H,2-3,6-9,11H2,1H3,(H,23,28)/t17-/m1/s1. The van der Waals surface area contributed by atoms with Crippen LogP contribution in [0, 0.1) is 5.92 Å². The van der Waals surface area contributed by atoms with E-state index in [1.807, 2.05) is 9.80 Å². The van der Waals surface area contributed by atoms with Crippen LogP contribution in [0.5, 0.6) is 0 Å². The zero-order valence-electron chi connectivity index (χ0n) is 15.5. The van der Waals surface area contributed by atoms with Gasteiger partial charge in [-0.2, -0.15) is 13.2 Å². The van der Waals surface area contributed by atoms with Gasteiger partial charge in [0.2, 0.25) is 0 Å². The minimum atomic E-state index is -4.40. The number of piperazine rings is 1. The van der Waals surface area contributed by atoms with Crippen LogP contribution < -0.4 is 10.2 Å². The molecule has 3 heterocycles. The van der Waals surface area contributed by atoms with E-state index < -0.39 is 17.3 Å². The van der Waals surface area contributed by atoms with E-state index in [9.17, 15) is 22.8 Å². The molecule has 2 saturated heterocycles. The molecule has 1 aromatic rings. The highest BCUT2D eigenvalue weighted by Crippen LogP contribution is 2.42. The predicted molar refractivity (Wildman–Crippen MR) is 94.4 cm³/mol. The SMILES string of the molecule is C[C@]1(C2CC2)NC(=O)N(CN2CCN(c3ccc(C(F)(F)F)cn3)CC2)C1=O. The Kier molecular flexibility index (Phi) is 4.48. The van der Waals surface area contributed by atoms with Gasteiger partial charge in [-0.1, -0.05) is 0 Å². The van der Waals surface area contributed by atoms with Crippen molar-refractivity contribution in [3.05, 3.63) is 23.9 Å². The second-order valence-electron chi connectivity index (χ2n) is 7.79. The molecule has 1 saturated carbocycles. The lowest BCUT2D eigenvalue weighted by atomic mass is 9.96. The first-order valence-electron chi connectivity index (χ1n) is 9.33. The lowest BCUT2D eigenvalue weighted by molar-refractivity contribution is -0.138. The van der Waals surface area contributed by atoms with E-state index in [2.05, 4.69) is 10.3 Å². The molecular weight excluding hydrogens is 375 g/mol. The number of carbonyl (C=O) groups excluding carboxylic acids is 2. The van der Waals surface area contributed by atoms with E-state index in [1.54, 1.807) is 6.92 Å². The zero-order chi connectivity index (χ0) is 20.1. The lowest BCUT2D eigenvalue weighted by Gasteiger charge is -2.36. The molecule has 1 atom stereocenters. The van der Waals surface area contributed by atoms with E-state index >= 15 is 0 Å². The average molecular weight is 397 g/mol. The molecule has 0 bridgehead atoms. The molecule has 7 nitrogen and oxygen atoms in total. The number of amides is 3. The van der Waals surface area contributed by atoms with E-state index in [0.29, 0.717) is 32.0 Å². The van der Waals surface area contributed by atoms with Crippen LogP contribution in [0.2, 0.25) is 0 Å². The number of rotatable bonds is 4. The van der Waals surface area contributed by atoms with Crippen molar-refractivity contribution in [2.24, 2.45) is 5.92 Å². The topological polar surface area (TPSA) is 68.8 Å². The summed E-state index contributed by atoms with van der Waals surface area (Å²) in [7, 11) is 0. The van der Waals surface area contributed by atoms with Gasteiger partial charge in [-0.15, -0.1) is 0 Å². The molecule has 1 aromatic heterocycles.